The van der Waals surface area contributed by atoms with E-state index in [1.807, 2.05) is 0 Å². The van der Waals surface area contributed by atoms with Gasteiger partial charge in [0.2, 0.25) is 0 Å². The number of benzene rings is 1. The number of rotatable bonds is 1. The van der Waals surface area contributed by atoms with Gasteiger partial charge in [-0.05, 0) is 12.1 Å². The van der Waals surface area contributed by atoms with E-state index in [1.54, 1.807) is 0 Å². The first-order valence-corrected chi connectivity index (χ1v) is 3.53. The van der Waals surface area contributed by atoms with Crippen molar-refractivity contribution in [2.24, 2.45) is 0 Å². The van der Waals surface area contributed by atoms with Gasteiger partial charge < -0.3 is 10.4 Å². The Morgan fingerprint density at radius 2 is 1.92 bits per heavy atom. The Bertz CT molecular complexity index is 309. The number of alkyl halides is 3. The van der Waals surface area contributed by atoms with E-state index in [0.29, 0.717) is 0 Å². The molecule has 0 aliphatic carbocycles. The molecule has 5 heteroatoms. The molecular formula is C8H8F3NO. The van der Waals surface area contributed by atoms with Crippen molar-refractivity contribution in [2.45, 2.75) is 6.18 Å². The third kappa shape index (κ3) is 2.05. The van der Waals surface area contributed by atoms with Gasteiger partial charge in [0.25, 0.3) is 0 Å². The molecule has 1 aromatic rings. The summed E-state index contributed by atoms with van der Waals surface area (Å²) in [7, 11) is 1.37. The minimum Gasteiger partial charge on any atom is -0.508 e. The van der Waals surface area contributed by atoms with Crippen LogP contribution < -0.4 is 5.32 Å². The Kier molecular flexibility index (Phi) is 2.36. The Labute approximate surface area is 73.0 Å². The average Bonchev–Trinajstić information content (AvgIpc) is 2.01. The predicted molar refractivity (Wildman–Crippen MR) is 42.7 cm³/mol. The summed E-state index contributed by atoms with van der Waals surface area (Å²) in [4.78, 5) is 0. The summed E-state index contributed by atoms with van der Waals surface area (Å²) in [6, 6.07) is 2.87. The van der Waals surface area contributed by atoms with Gasteiger partial charge in [-0.2, -0.15) is 13.2 Å². The van der Waals surface area contributed by atoms with E-state index in [-0.39, 0.29) is 11.4 Å². The van der Waals surface area contributed by atoms with Gasteiger partial charge in [-0.3, -0.25) is 0 Å². The predicted octanol–water partition coefficient (Wildman–Crippen LogP) is 2.45. The van der Waals surface area contributed by atoms with Crippen LogP contribution in [0, 0.1) is 0 Å². The lowest BCUT2D eigenvalue weighted by atomic mass is 10.1. The minimum atomic E-state index is -4.40. The molecule has 0 heterocycles. The first-order valence-electron chi connectivity index (χ1n) is 3.53. The molecule has 0 aliphatic heterocycles. The second-order valence-corrected chi connectivity index (χ2v) is 2.48. The number of hydrogen-bond acceptors (Lipinski definition) is 2. The molecule has 0 amide bonds. The van der Waals surface area contributed by atoms with E-state index in [1.165, 1.54) is 7.05 Å². The summed E-state index contributed by atoms with van der Waals surface area (Å²) < 4.78 is 36.7. The fourth-order valence-corrected chi connectivity index (χ4v) is 0.986. The summed E-state index contributed by atoms with van der Waals surface area (Å²) >= 11 is 0. The van der Waals surface area contributed by atoms with Crippen LogP contribution in [0.5, 0.6) is 5.75 Å². The van der Waals surface area contributed by atoms with Gasteiger partial charge >= 0.3 is 6.18 Å². The molecular weight excluding hydrogens is 183 g/mol. The average molecular weight is 191 g/mol. The maximum absolute atomic E-state index is 12.2. The molecule has 72 valence electrons. The van der Waals surface area contributed by atoms with E-state index < -0.39 is 11.7 Å². The molecule has 0 unspecified atom stereocenters. The van der Waals surface area contributed by atoms with Gasteiger partial charge in [-0.15, -0.1) is 0 Å². The highest BCUT2D eigenvalue weighted by Gasteiger charge is 2.33. The standard InChI is InChI=1S/C8H8F3NO/c1-12-7-4-5(13)2-3-6(7)8(9,10)11/h2-4,12-13H,1H3. The highest BCUT2D eigenvalue weighted by atomic mass is 19.4. The third-order valence-electron chi connectivity index (χ3n) is 1.58. The van der Waals surface area contributed by atoms with E-state index in [2.05, 4.69) is 5.32 Å². The Hall–Kier alpha value is -1.39. The van der Waals surface area contributed by atoms with Crippen molar-refractivity contribution in [1.29, 1.82) is 0 Å². The smallest absolute Gasteiger partial charge is 0.418 e. The molecule has 0 atom stereocenters. The van der Waals surface area contributed by atoms with E-state index in [4.69, 9.17) is 5.11 Å². The van der Waals surface area contributed by atoms with Crippen molar-refractivity contribution >= 4 is 5.69 Å². The van der Waals surface area contributed by atoms with Crippen LogP contribution in [0.3, 0.4) is 0 Å². The van der Waals surface area contributed by atoms with Crippen LogP contribution >= 0.6 is 0 Å². The van der Waals surface area contributed by atoms with Crippen LogP contribution in [0.25, 0.3) is 0 Å². The summed E-state index contributed by atoms with van der Waals surface area (Å²) in [5, 5.41) is 11.3. The van der Waals surface area contributed by atoms with Crippen molar-refractivity contribution in [1.82, 2.24) is 0 Å². The molecule has 1 aromatic carbocycles. The lowest BCUT2D eigenvalue weighted by Gasteiger charge is -2.12. The minimum absolute atomic E-state index is 0.132. The normalized spacial score (nSPS) is 11.4. The monoisotopic (exact) mass is 191 g/mol. The van der Waals surface area contributed by atoms with E-state index in [0.717, 1.165) is 18.2 Å². The number of phenols is 1. The molecule has 0 saturated carbocycles. The van der Waals surface area contributed by atoms with Crippen LogP contribution in [0.15, 0.2) is 18.2 Å². The van der Waals surface area contributed by atoms with Crippen LogP contribution in [0.2, 0.25) is 0 Å². The molecule has 13 heavy (non-hydrogen) atoms. The van der Waals surface area contributed by atoms with Crippen molar-refractivity contribution in [3.63, 3.8) is 0 Å². The summed E-state index contributed by atoms with van der Waals surface area (Å²) in [6.07, 6.45) is -4.40. The van der Waals surface area contributed by atoms with Gasteiger partial charge in [0, 0.05) is 18.8 Å². The number of phenolic OH excluding ortho intramolecular Hbond substituents is 1. The van der Waals surface area contributed by atoms with Crippen molar-refractivity contribution in [3.8, 4) is 5.75 Å². The highest BCUT2D eigenvalue weighted by molar-refractivity contribution is 5.55. The fraction of sp³-hybridized carbons (Fsp3) is 0.250. The summed E-state index contributed by atoms with van der Waals surface area (Å²) in [6.45, 7) is 0. The number of nitrogens with one attached hydrogen (secondary N) is 1. The Balaban J connectivity index is 3.22. The van der Waals surface area contributed by atoms with Crippen LogP contribution in [-0.2, 0) is 6.18 Å². The summed E-state index contributed by atoms with van der Waals surface area (Å²) in [5.74, 6) is -0.197. The maximum atomic E-state index is 12.2. The molecule has 2 nitrogen and oxygen atoms in total. The molecule has 0 bridgehead atoms. The Morgan fingerprint density at radius 3 is 2.38 bits per heavy atom. The van der Waals surface area contributed by atoms with Crippen molar-refractivity contribution in [2.75, 3.05) is 12.4 Å². The van der Waals surface area contributed by atoms with E-state index >= 15 is 0 Å². The molecule has 0 aliphatic rings. The first kappa shape index (κ1) is 9.70. The maximum Gasteiger partial charge on any atom is 0.418 e. The lowest BCUT2D eigenvalue weighted by molar-refractivity contribution is -0.136. The first-order chi connectivity index (χ1) is 5.95. The number of anilines is 1. The summed E-state index contributed by atoms with van der Waals surface area (Å²) in [5.41, 5.74) is -0.916. The number of hydrogen-bond donors (Lipinski definition) is 2. The third-order valence-corrected chi connectivity index (χ3v) is 1.58. The van der Waals surface area contributed by atoms with Gasteiger partial charge in [0.15, 0.2) is 0 Å². The van der Waals surface area contributed by atoms with Crippen LogP contribution in [0.1, 0.15) is 5.56 Å². The van der Waals surface area contributed by atoms with E-state index in [9.17, 15) is 13.2 Å². The zero-order chi connectivity index (χ0) is 10.1. The second kappa shape index (κ2) is 3.16. The van der Waals surface area contributed by atoms with Crippen molar-refractivity contribution in [3.05, 3.63) is 23.8 Å². The lowest BCUT2D eigenvalue weighted by Crippen LogP contribution is -2.08. The van der Waals surface area contributed by atoms with Gasteiger partial charge in [0.05, 0.1) is 5.56 Å². The molecule has 0 saturated heterocycles. The molecule has 0 aromatic heterocycles. The molecule has 1 rings (SSSR count). The van der Waals surface area contributed by atoms with Crippen LogP contribution in [-0.4, -0.2) is 12.2 Å². The second-order valence-electron chi connectivity index (χ2n) is 2.48. The zero-order valence-electron chi connectivity index (χ0n) is 6.81. The highest BCUT2D eigenvalue weighted by Crippen LogP contribution is 2.36. The zero-order valence-corrected chi connectivity index (χ0v) is 6.81. The number of halogens is 3. The fourth-order valence-electron chi connectivity index (χ4n) is 0.986. The Morgan fingerprint density at radius 1 is 1.31 bits per heavy atom. The van der Waals surface area contributed by atoms with Gasteiger partial charge in [-0.25, -0.2) is 0 Å². The van der Waals surface area contributed by atoms with Crippen LogP contribution in [0.4, 0.5) is 18.9 Å². The molecule has 0 spiro atoms. The SMILES string of the molecule is CNc1cc(O)ccc1C(F)(F)F. The largest absolute Gasteiger partial charge is 0.508 e. The molecule has 0 radical (unpaired) electrons. The van der Waals surface area contributed by atoms with Crippen molar-refractivity contribution < 1.29 is 18.3 Å². The number of aromatic hydroxyl groups is 1. The van der Waals surface area contributed by atoms with Gasteiger partial charge in [0.1, 0.15) is 5.75 Å². The topological polar surface area (TPSA) is 32.3 Å². The molecule has 2 N–H and O–H groups in total. The quantitative estimate of drug-likeness (QED) is 0.714. The molecule has 0 fully saturated rings. The van der Waals surface area contributed by atoms with Gasteiger partial charge in [-0.1, -0.05) is 0 Å².